The first kappa shape index (κ1) is 11.4. The molecule has 0 saturated heterocycles. The number of rotatable bonds is 2. The number of thioether (sulfide) groups is 1. The highest BCUT2D eigenvalue weighted by molar-refractivity contribution is 7.99. The Morgan fingerprint density at radius 2 is 2.11 bits per heavy atom. The van der Waals surface area contributed by atoms with Crippen molar-refractivity contribution in [1.82, 2.24) is 4.57 Å². The molecule has 0 spiro atoms. The van der Waals surface area contributed by atoms with Crippen molar-refractivity contribution in [2.24, 2.45) is 0 Å². The van der Waals surface area contributed by atoms with Gasteiger partial charge >= 0.3 is 0 Å². The summed E-state index contributed by atoms with van der Waals surface area (Å²) in [6.07, 6.45) is 2.69. The minimum Gasteiger partial charge on any atom is -0.495 e. The average Bonchev–Trinajstić information content (AvgIpc) is 2.88. The predicted octanol–water partition coefficient (Wildman–Crippen LogP) is 2.49. The Morgan fingerprint density at radius 1 is 1.28 bits per heavy atom. The summed E-state index contributed by atoms with van der Waals surface area (Å²) in [6, 6.07) is 9.59. The second kappa shape index (κ2) is 4.53. The molecule has 3 rings (SSSR count). The lowest BCUT2D eigenvalue weighted by Gasteiger charge is -2.11. The van der Waals surface area contributed by atoms with E-state index < -0.39 is 0 Å². The first-order valence-electron chi connectivity index (χ1n) is 5.82. The number of hydrogen-bond donors (Lipinski definition) is 0. The standard InChI is InChI=1S/C14H13NO2S/c1-17-12-5-3-2-4-11(12)15-8-6-13-10(14(15)16)7-9-18-13/h2-6,8H,7,9H2,1H3. The second-order valence-corrected chi connectivity index (χ2v) is 5.24. The SMILES string of the molecule is COc1ccccc1-n1ccc2c(c1=O)CCS2. The van der Waals surface area contributed by atoms with Crippen molar-refractivity contribution in [2.45, 2.75) is 11.3 Å². The van der Waals surface area contributed by atoms with Gasteiger partial charge in [-0.25, -0.2) is 0 Å². The smallest absolute Gasteiger partial charge is 0.259 e. The van der Waals surface area contributed by atoms with E-state index in [2.05, 4.69) is 0 Å². The van der Waals surface area contributed by atoms with Crippen molar-refractivity contribution >= 4 is 11.8 Å². The van der Waals surface area contributed by atoms with Crippen LogP contribution in [0.15, 0.2) is 46.2 Å². The van der Waals surface area contributed by atoms with E-state index in [1.807, 2.05) is 36.5 Å². The molecule has 0 N–H and O–H groups in total. The molecule has 1 aromatic heterocycles. The molecule has 0 amide bonds. The van der Waals surface area contributed by atoms with Crippen molar-refractivity contribution in [3.05, 3.63) is 52.4 Å². The number of methoxy groups -OCH3 is 1. The summed E-state index contributed by atoms with van der Waals surface area (Å²) in [7, 11) is 1.62. The third-order valence-electron chi connectivity index (χ3n) is 3.10. The van der Waals surface area contributed by atoms with Crippen LogP contribution in [-0.4, -0.2) is 17.4 Å². The van der Waals surface area contributed by atoms with Crippen LogP contribution in [0, 0.1) is 0 Å². The number of fused-ring (bicyclic) bond motifs is 1. The van der Waals surface area contributed by atoms with Crippen LogP contribution in [0.25, 0.3) is 5.69 Å². The largest absolute Gasteiger partial charge is 0.495 e. The van der Waals surface area contributed by atoms with Crippen LogP contribution in [0.3, 0.4) is 0 Å². The molecular weight excluding hydrogens is 246 g/mol. The summed E-state index contributed by atoms with van der Waals surface area (Å²) >= 11 is 1.75. The van der Waals surface area contributed by atoms with Gasteiger partial charge in [-0.3, -0.25) is 9.36 Å². The van der Waals surface area contributed by atoms with Crippen LogP contribution >= 0.6 is 11.8 Å². The van der Waals surface area contributed by atoms with Crippen LogP contribution in [-0.2, 0) is 6.42 Å². The van der Waals surface area contributed by atoms with E-state index in [0.717, 1.165) is 28.3 Å². The van der Waals surface area contributed by atoms with Crippen LogP contribution in [0.5, 0.6) is 5.75 Å². The topological polar surface area (TPSA) is 31.2 Å². The molecule has 3 nitrogen and oxygen atoms in total. The van der Waals surface area contributed by atoms with Crippen molar-refractivity contribution in [1.29, 1.82) is 0 Å². The average molecular weight is 259 g/mol. The van der Waals surface area contributed by atoms with E-state index in [1.165, 1.54) is 0 Å². The molecule has 0 bridgehead atoms. The zero-order valence-corrected chi connectivity index (χ0v) is 10.9. The third-order valence-corrected chi connectivity index (χ3v) is 4.21. The van der Waals surface area contributed by atoms with Crippen LogP contribution in [0.1, 0.15) is 5.56 Å². The van der Waals surface area contributed by atoms with Gasteiger partial charge in [0, 0.05) is 22.4 Å². The van der Waals surface area contributed by atoms with Crippen LogP contribution < -0.4 is 10.3 Å². The molecule has 1 aliphatic rings. The van der Waals surface area contributed by atoms with Gasteiger partial charge in [0.15, 0.2) is 0 Å². The molecule has 2 aromatic rings. The monoisotopic (exact) mass is 259 g/mol. The molecule has 18 heavy (non-hydrogen) atoms. The van der Waals surface area contributed by atoms with Gasteiger partial charge in [-0.05, 0) is 24.6 Å². The highest BCUT2D eigenvalue weighted by Crippen LogP contribution is 2.29. The van der Waals surface area contributed by atoms with Crippen molar-refractivity contribution in [2.75, 3.05) is 12.9 Å². The number of pyridine rings is 1. The molecule has 0 aliphatic carbocycles. The Balaban J connectivity index is 2.21. The Kier molecular flexibility index (Phi) is 2.88. The highest BCUT2D eigenvalue weighted by atomic mass is 32.2. The zero-order chi connectivity index (χ0) is 12.5. The molecule has 2 heterocycles. The summed E-state index contributed by atoms with van der Waals surface area (Å²) in [5.74, 6) is 1.71. The maximum atomic E-state index is 12.4. The fraction of sp³-hybridized carbons (Fsp3) is 0.214. The molecule has 0 atom stereocenters. The summed E-state index contributed by atoms with van der Waals surface area (Å²) in [4.78, 5) is 13.5. The van der Waals surface area contributed by atoms with Crippen LogP contribution in [0.2, 0.25) is 0 Å². The molecule has 0 saturated carbocycles. The fourth-order valence-electron chi connectivity index (χ4n) is 2.21. The molecule has 4 heteroatoms. The van der Waals surface area contributed by atoms with E-state index in [1.54, 1.807) is 23.4 Å². The Hall–Kier alpha value is -1.68. The van der Waals surface area contributed by atoms with Crippen molar-refractivity contribution in [3.63, 3.8) is 0 Å². The molecule has 0 radical (unpaired) electrons. The first-order chi connectivity index (χ1) is 8.81. The normalized spacial score (nSPS) is 13.4. The summed E-state index contributed by atoms with van der Waals surface area (Å²) < 4.78 is 6.98. The molecule has 0 unspecified atom stereocenters. The van der Waals surface area contributed by atoms with Gasteiger partial charge in [-0.1, -0.05) is 12.1 Å². The van der Waals surface area contributed by atoms with E-state index in [-0.39, 0.29) is 5.56 Å². The first-order valence-corrected chi connectivity index (χ1v) is 6.80. The fourth-order valence-corrected chi connectivity index (χ4v) is 3.26. The number of nitrogens with zero attached hydrogens (tertiary/aromatic N) is 1. The Bertz CT molecular complexity index is 648. The molecule has 0 fully saturated rings. The van der Waals surface area contributed by atoms with Gasteiger partial charge < -0.3 is 4.74 Å². The number of para-hydroxylation sites is 2. The number of hydrogen-bond acceptors (Lipinski definition) is 3. The minimum absolute atomic E-state index is 0.0713. The summed E-state index contributed by atoms with van der Waals surface area (Å²) in [6.45, 7) is 0. The van der Waals surface area contributed by atoms with Gasteiger partial charge in [-0.2, -0.15) is 0 Å². The van der Waals surface area contributed by atoms with E-state index in [4.69, 9.17) is 4.74 Å². The summed E-state index contributed by atoms with van der Waals surface area (Å²) in [5.41, 5.74) is 1.79. The van der Waals surface area contributed by atoms with Gasteiger partial charge in [0.1, 0.15) is 5.75 Å². The molecular formula is C14H13NO2S. The van der Waals surface area contributed by atoms with Crippen LogP contribution in [0.4, 0.5) is 0 Å². The highest BCUT2D eigenvalue weighted by Gasteiger charge is 2.17. The van der Waals surface area contributed by atoms with E-state index in [0.29, 0.717) is 5.75 Å². The second-order valence-electron chi connectivity index (χ2n) is 4.10. The molecule has 1 aliphatic heterocycles. The van der Waals surface area contributed by atoms with Gasteiger partial charge in [0.25, 0.3) is 5.56 Å². The predicted molar refractivity (Wildman–Crippen MR) is 73.0 cm³/mol. The zero-order valence-electron chi connectivity index (χ0n) is 10.1. The van der Waals surface area contributed by atoms with E-state index >= 15 is 0 Å². The minimum atomic E-state index is 0.0713. The number of benzene rings is 1. The summed E-state index contributed by atoms with van der Waals surface area (Å²) in [5, 5.41) is 0. The lowest BCUT2D eigenvalue weighted by Crippen LogP contribution is -2.21. The van der Waals surface area contributed by atoms with E-state index in [9.17, 15) is 4.79 Å². The number of aromatic nitrogens is 1. The third kappa shape index (κ3) is 1.73. The van der Waals surface area contributed by atoms with Gasteiger partial charge in [0.05, 0.1) is 12.8 Å². The molecule has 1 aromatic carbocycles. The lowest BCUT2D eigenvalue weighted by molar-refractivity contribution is 0.412. The Morgan fingerprint density at radius 3 is 2.94 bits per heavy atom. The lowest BCUT2D eigenvalue weighted by atomic mass is 10.2. The van der Waals surface area contributed by atoms with Crippen molar-refractivity contribution in [3.8, 4) is 11.4 Å². The maximum absolute atomic E-state index is 12.4. The molecule has 92 valence electrons. The van der Waals surface area contributed by atoms with Crippen molar-refractivity contribution < 1.29 is 4.74 Å². The quantitative estimate of drug-likeness (QED) is 0.830. The number of ether oxygens (including phenoxy) is 1. The van der Waals surface area contributed by atoms with Gasteiger partial charge in [-0.15, -0.1) is 11.8 Å². The van der Waals surface area contributed by atoms with Gasteiger partial charge in [0.2, 0.25) is 0 Å². The Labute approximate surface area is 109 Å². The maximum Gasteiger partial charge on any atom is 0.259 e.